The van der Waals surface area contributed by atoms with Crippen LogP contribution in [0.4, 0.5) is 0 Å². The molecule has 2 nitrogen and oxygen atoms in total. The van der Waals surface area contributed by atoms with Gasteiger partial charge in [0.25, 0.3) is 5.82 Å². The second-order valence-corrected chi connectivity index (χ2v) is 2.71. The van der Waals surface area contributed by atoms with Gasteiger partial charge in [0.2, 0.25) is 0 Å². The molecule has 10 heavy (non-hydrogen) atoms. The highest BCUT2D eigenvalue weighted by Gasteiger charge is 2.11. The Morgan fingerprint density at radius 2 is 2.20 bits per heavy atom. The number of aryl methyl sites for hydroxylation is 2. The van der Waals surface area contributed by atoms with Crippen molar-refractivity contribution in [3.8, 4) is 0 Å². The van der Waals surface area contributed by atoms with Gasteiger partial charge in [-0.05, 0) is 0 Å². The molecule has 1 heterocycles. The highest BCUT2D eigenvalue weighted by molar-refractivity contribution is 4.94. The van der Waals surface area contributed by atoms with E-state index < -0.39 is 0 Å². The first-order valence-electron chi connectivity index (χ1n) is 3.67. The lowest BCUT2D eigenvalue weighted by molar-refractivity contribution is -0.678. The van der Waals surface area contributed by atoms with E-state index in [9.17, 15) is 0 Å². The third kappa shape index (κ3) is 0.939. The van der Waals surface area contributed by atoms with Crippen LogP contribution >= 0.6 is 0 Å². The number of hydrogen-bond acceptors (Lipinski definition) is 0. The van der Waals surface area contributed by atoms with Crippen LogP contribution in [0.25, 0.3) is 0 Å². The molecule has 0 radical (unpaired) electrons. The van der Waals surface area contributed by atoms with Crippen molar-refractivity contribution in [2.45, 2.75) is 20.3 Å². The molecule has 0 saturated carbocycles. The van der Waals surface area contributed by atoms with Crippen molar-refractivity contribution in [2.75, 3.05) is 0 Å². The van der Waals surface area contributed by atoms with Gasteiger partial charge in [-0.15, -0.1) is 0 Å². The molecular formula is C8H15N2+. The Morgan fingerprint density at radius 1 is 1.60 bits per heavy atom. The molecule has 0 aliphatic carbocycles. The van der Waals surface area contributed by atoms with Gasteiger partial charge in [-0.2, -0.15) is 0 Å². The molecule has 1 aromatic heterocycles. The van der Waals surface area contributed by atoms with Crippen LogP contribution in [0.2, 0.25) is 0 Å². The highest BCUT2D eigenvalue weighted by atomic mass is 15.1. The minimum absolute atomic E-state index is 1.10. The molecule has 56 valence electrons. The Morgan fingerprint density at radius 3 is 2.40 bits per heavy atom. The van der Waals surface area contributed by atoms with Crippen LogP contribution in [0.15, 0.2) is 6.20 Å². The first-order valence-corrected chi connectivity index (χ1v) is 3.67. The summed E-state index contributed by atoms with van der Waals surface area (Å²) in [5.41, 5.74) is 1.32. The zero-order chi connectivity index (χ0) is 7.72. The third-order valence-electron chi connectivity index (χ3n) is 2.02. The largest absolute Gasteiger partial charge is 0.255 e. The Labute approximate surface area is 62.1 Å². The van der Waals surface area contributed by atoms with Crippen molar-refractivity contribution in [3.05, 3.63) is 17.7 Å². The fraction of sp³-hybridized carbons (Fsp3) is 0.625. The van der Waals surface area contributed by atoms with E-state index in [2.05, 4.69) is 43.3 Å². The maximum Gasteiger partial charge on any atom is 0.255 e. The molecule has 0 unspecified atom stereocenters. The van der Waals surface area contributed by atoms with Crippen LogP contribution in [0.1, 0.15) is 18.4 Å². The summed E-state index contributed by atoms with van der Waals surface area (Å²) in [5, 5.41) is 0. The summed E-state index contributed by atoms with van der Waals surface area (Å²) in [4.78, 5) is 0. The van der Waals surface area contributed by atoms with E-state index in [0.29, 0.717) is 0 Å². The predicted molar refractivity (Wildman–Crippen MR) is 40.7 cm³/mol. The monoisotopic (exact) mass is 139 g/mol. The quantitative estimate of drug-likeness (QED) is 0.507. The van der Waals surface area contributed by atoms with Crippen LogP contribution < -0.4 is 4.57 Å². The van der Waals surface area contributed by atoms with Crippen LogP contribution in [0.5, 0.6) is 0 Å². The molecule has 2 heteroatoms. The predicted octanol–water partition coefficient (Wildman–Crippen LogP) is 0.720. The van der Waals surface area contributed by atoms with Gasteiger partial charge in [-0.25, -0.2) is 9.13 Å². The van der Waals surface area contributed by atoms with Gasteiger partial charge in [0.05, 0.1) is 14.1 Å². The summed E-state index contributed by atoms with van der Waals surface area (Å²) in [6, 6.07) is 0. The highest BCUT2D eigenvalue weighted by Crippen LogP contribution is 1.97. The fourth-order valence-corrected chi connectivity index (χ4v) is 1.37. The number of rotatable bonds is 1. The molecule has 0 saturated heterocycles. The zero-order valence-electron chi connectivity index (χ0n) is 7.18. The Balaban J connectivity index is 3.20. The van der Waals surface area contributed by atoms with Crippen molar-refractivity contribution >= 4 is 0 Å². The third-order valence-corrected chi connectivity index (χ3v) is 2.02. The van der Waals surface area contributed by atoms with Crippen LogP contribution in [-0.2, 0) is 20.5 Å². The summed E-state index contributed by atoms with van der Waals surface area (Å²) in [5.74, 6) is 1.37. The van der Waals surface area contributed by atoms with E-state index in [1.807, 2.05) is 0 Å². The summed E-state index contributed by atoms with van der Waals surface area (Å²) in [6.07, 6.45) is 3.25. The standard InChI is InChI=1S/C8H15N2/c1-5-8-9(3)6-7(2)10(8)4/h6H,5H2,1-4H3/q+1. The first-order chi connectivity index (χ1) is 4.66. The average molecular weight is 139 g/mol. The van der Waals surface area contributed by atoms with Crippen molar-refractivity contribution in [1.82, 2.24) is 4.57 Å². The SMILES string of the molecule is CCc1n(C)c(C)c[n+]1C. The summed E-state index contributed by atoms with van der Waals surface area (Å²) in [7, 11) is 4.19. The van der Waals surface area contributed by atoms with Crippen LogP contribution in [0, 0.1) is 6.92 Å². The van der Waals surface area contributed by atoms with Gasteiger partial charge >= 0.3 is 0 Å². The summed E-state index contributed by atoms with van der Waals surface area (Å²) < 4.78 is 4.40. The normalized spacial score (nSPS) is 10.4. The number of aromatic nitrogens is 2. The summed E-state index contributed by atoms with van der Waals surface area (Å²) >= 11 is 0. The minimum atomic E-state index is 1.10. The zero-order valence-corrected chi connectivity index (χ0v) is 7.18. The summed E-state index contributed by atoms with van der Waals surface area (Å²) in [6.45, 7) is 4.30. The van der Waals surface area contributed by atoms with Gasteiger partial charge in [0.1, 0.15) is 11.9 Å². The molecule has 0 fully saturated rings. The van der Waals surface area contributed by atoms with Crippen LogP contribution in [-0.4, -0.2) is 4.57 Å². The average Bonchev–Trinajstić information content (AvgIpc) is 2.09. The van der Waals surface area contributed by atoms with Gasteiger partial charge in [-0.1, -0.05) is 6.92 Å². The van der Waals surface area contributed by atoms with Gasteiger partial charge < -0.3 is 0 Å². The maximum atomic E-state index is 2.22. The molecule has 0 atom stereocenters. The molecule has 0 N–H and O–H groups in total. The lowest BCUT2D eigenvalue weighted by Gasteiger charge is -1.91. The lowest BCUT2D eigenvalue weighted by Crippen LogP contribution is -2.31. The first kappa shape index (κ1) is 7.32. The Hall–Kier alpha value is -0.790. The second kappa shape index (κ2) is 2.45. The molecule has 0 aromatic carbocycles. The number of hydrogen-bond donors (Lipinski definition) is 0. The van der Waals surface area contributed by atoms with Gasteiger partial charge in [0.15, 0.2) is 0 Å². The Kier molecular flexibility index (Phi) is 1.79. The second-order valence-electron chi connectivity index (χ2n) is 2.71. The van der Waals surface area contributed by atoms with E-state index in [1.165, 1.54) is 11.5 Å². The topological polar surface area (TPSA) is 8.81 Å². The smallest absolute Gasteiger partial charge is 0.237 e. The lowest BCUT2D eigenvalue weighted by atomic mass is 10.4. The van der Waals surface area contributed by atoms with E-state index in [1.54, 1.807) is 0 Å². The molecule has 0 amide bonds. The van der Waals surface area contributed by atoms with Crippen molar-refractivity contribution in [1.29, 1.82) is 0 Å². The van der Waals surface area contributed by atoms with Gasteiger partial charge in [-0.3, -0.25) is 0 Å². The molecule has 1 aromatic rings. The number of nitrogens with zero attached hydrogens (tertiary/aromatic N) is 2. The molecule has 0 bridgehead atoms. The maximum absolute atomic E-state index is 2.22. The number of imidazole rings is 1. The van der Waals surface area contributed by atoms with E-state index in [4.69, 9.17) is 0 Å². The molecule has 0 aliphatic rings. The molecule has 0 spiro atoms. The van der Waals surface area contributed by atoms with E-state index >= 15 is 0 Å². The Bertz CT molecular complexity index is 236. The molecular weight excluding hydrogens is 124 g/mol. The van der Waals surface area contributed by atoms with E-state index in [0.717, 1.165) is 6.42 Å². The minimum Gasteiger partial charge on any atom is -0.237 e. The fourth-order valence-electron chi connectivity index (χ4n) is 1.37. The van der Waals surface area contributed by atoms with Crippen molar-refractivity contribution in [2.24, 2.45) is 14.1 Å². The van der Waals surface area contributed by atoms with Crippen molar-refractivity contribution < 1.29 is 4.57 Å². The van der Waals surface area contributed by atoms with E-state index in [-0.39, 0.29) is 0 Å². The molecule has 0 aliphatic heterocycles. The van der Waals surface area contributed by atoms with Gasteiger partial charge in [0, 0.05) is 13.3 Å². The van der Waals surface area contributed by atoms with Crippen LogP contribution in [0.3, 0.4) is 0 Å². The van der Waals surface area contributed by atoms with Crippen molar-refractivity contribution in [3.63, 3.8) is 0 Å². The molecule has 1 rings (SSSR count).